The highest BCUT2D eigenvalue weighted by Crippen LogP contribution is 2.27. The lowest BCUT2D eigenvalue weighted by atomic mass is 9.89. The number of urea groups is 1. The minimum absolute atomic E-state index is 0.0274. The smallest absolute Gasteiger partial charge is 0.317 e. The van der Waals surface area contributed by atoms with Crippen LogP contribution in [0.15, 0.2) is 24.3 Å². The van der Waals surface area contributed by atoms with Crippen LogP contribution in [0.3, 0.4) is 0 Å². The van der Waals surface area contributed by atoms with Gasteiger partial charge in [0.15, 0.2) is 0 Å². The molecule has 2 atom stereocenters. The third-order valence-corrected chi connectivity index (χ3v) is 4.53. The lowest BCUT2D eigenvalue weighted by Gasteiger charge is -2.32. The molecule has 1 heterocycles. The van der Waals surface area contributed by atoms with Crippen LogP contribution in [-0.4, -0.2) is 43.0 Å². The van der Waals surface area contributed by atoms with E-state index in [4.69, 9.17) is 0 Å². The third-order valence-electron chi connectivity index (χ3n) is 4.53. The standard InChI is InChI=1S/C18H27N3O2/c1-4-13(2)20-17(22)15-8-5-7-14(11-15)16-9-6-10-21(12-16)18(23)19-3/h5,7-8,11,13,16H,4,6,9-10,12H2,1-3H3,(H,19,23)(H,20,22)/t13-,16+/m1/s1. The van der Waals surface area contributed by atoms with E-state index in [-0.39, 0.29) is 23.9 Å². The molecular formula is C18H27N3O2. The molecule has 0 radical (unpaired) electrons. The van der Waals surface area contributed by atoms with Crippen LogP contribution in [0.4, 0.5) is 4.79 Å². The van der Waals surface area contributed by atoms with E-state index < -0.39 is 0 Å². The van der Waals surface area contributed by atoms with Gasteiger partial charge in [0.25, 0.3) is 5.91 Å². The normalized spacial score (nSPS) is 19.1. The molecule has 23 heavy (non-hydrogen) atoms. The molecule has 2 N–H and O–H groups in total. The Morgan fingerprint density at radius 3 is 2.87 bits per heavy atom. The second kappa shape index (κ2) is 7.99. The van der Waals surface area contributed by atoms with Crippen molar-refractivity contribution in [1.82, 2.24) is 15.5 Å². The van der Waals surface area contributed by atoms with Crippen molar-refractivity contribution in [3.63, 3.8) is 0 Å². The highest BCUT2D eigenvalue weighted by atomic mass is 16.2. The fraction of sp³-hybridized carbons (Fsp3) is 0.556. The van der Waals surface area contributed by atoms with Crippen LogP contribution in [0, 0.1) is 0 Å². The van der Waals surface area contributed by atoms with E-state index in [2.05, 4.69) is 23.6 Å². The van der Waals surface area contributed by atoms with Gasteiger partial charge in [-0.15, -0.1) is 0 Å². The van der Waals surface area contributed by atoms with Crippen molar-refractivity contribution in [3.8, 4) is 0 Å². The Morgan fingerprint density at radius 1 is 1.39 bits per heavy atom. The second-order valence-electron chi connectivity index (χ2n) is 6.25. The maximum atomic E-state index is 12.3. The first kappa shape index (κ1) is 17.3. The molecule has 0 bridgehead atoms. The van der Waals surface area contributed by atoms with Crippen LogP contribution in [0.1, 0.15) is 54.9 Å². The van der Waals surface area contributed by atoms with Gasteiger partial charge in [-0.05, 0) is 43.9 Å². The van der Waals surface area contributed by atoms with E-state index in [9.17, 15) is 9.59 Å². The number of piperidine rings is 1. The Balaban J connectivity index is 2.09. The van der Waals surface area contributed by atoms with Crippen molar-refractivity contribution in [2.24, 2.45) is 0 Å². The van der Waals surface area contributed by atoms with Gasteiger partial charge in [-0.2, -0.15) is 0 Å². The molecule has 1 aromatic rings. The summed E-state index contributed by atoms with van der Waals surface area (Å²) < 4.78 is 0. The first-order valence-corrected chi connectivity index (χ1v) is 8.42. The van der Waals surface area contributed by atoms with Gasteiger partial charge in [0.1, 0.15) is 0 Å². The molecule has 1 aliphatic rings. The molecule has 1 fully saturated rings. The van der Waals surface area contributed by atoms with E-state index in [1.165, 1.54) is 0 Å². The van der Waals surface area contributed by atoms with Crippen molar-refractivity contribution in [1.29, 1.82) is 0 Å². The largest absolute Gasteiger partial charge is 0.350 e. The number of carbonyl (C=O) groups is 2. The monoisotopic (exact) mass is 317 g/mol. The predicted octanol–water partition coefficient (Wildman–Crippen LogP) is 2.73. The van der Waals surface area contributed by atoms with Gasteiger partial charge < -0.3 is 15.5 Å². The van der Waals surface area contributed by atoms with E-state index in [0.29, 0.717) is 12.1 Å². The summed E-state index contributed by atoms with van der Waals surface area (Å²) in [5, 5.41) is 5.69. The Hall–Kier alpha value is -2.04. The fourth-order valence-corrected chi connectivity index (χ4v) is 2.93. The van der Waals surface area contributed by atoms with Crippen LogP contribution in [-0.2, 0) is 0 Å². The molecule has 0 spiro atoms. The summed E-state index contributed by atoms with van der Waals surface area (Å²) in [7, 11) is 1.66. The van der Waals surface area contributed by atoms with Crippen LogP contribution < -0.4 is 10.6 Å². The molecule has 1 saturated heterocycles. The topological polar surface area (TPSA) is 61.4 Å². The van der Waals surface area contributed by atoms with Gasteiger partial charge >= 0.3 is 6.03 Å². The summed E-state index contributed by atoms with van der Waals surface area (Å²) in [5.74, 6) is 0.262. The minimum atomic E-state index is -0.0276. The van der Waals surface area contributed by atoms with Crippen molar-refractivity contribution in [3.05, 3.63) is 35.4 Å². The highest BCUT2D eigenvalue weighted by molar-refractivity contribution is 5.94. The summed E-state index contributed by atoms with van der Waals surface area (Å²) in [4.78, 5) is 26.0. The first-order chi connectivity index (χ1) is 11.0. The van der Waals surface area contributed by atoms with E-state index in [1.54, 1.807) is 7.05 Å². The Morgan fingerprint density at radius 2 is 2.17 bits per heavy atom. The molecule has 1 aliphatic heterocycles. The summed E-state index contributed by atoms with van der Waals surface area (Å²) in [6.07, 6.45) is 2.94. The molecular weight excluding hydrogens is 290 g/mol. The number of rotatable bonds is 4. The van der Waals surface area contributed by atoms with Gasteiger partial charge in [-0.1, -0.05) is 19.1 Å². The van der Waals surface area contributed by atoms with Crippen LogP contribution in [0.5, 0.6) is 0 Å². The molecule has 2 rings (SSSR count). The Labute approximate surface area is 138 Å². The average Bonchev–Trinajstić information content (AvgIpc) is 2.61. The summed E-state index contributed by atoms with van der Waals surface area (Å²) in [6, 6.07) is 7.94. The van der Waals surface area contributed by atoms with E-state index >= 15 is 0 Å². The molecule has 0 aliphatic carbocycles. The number of benzene rings is 1. The highest BCUT2D eigenvalue weighted by Gasteiger charge is 2.24. The van der Waals surface area contributed by atoms with Crippen molar-refractivity contribution in [2.45, 2.75) is 45.1 Å². The summed E-state index contributed by atoms with van der Waals surface area (Å²) in [6.45, 7) is 5.56. The van der Waals surface area contributed by atoms with Gasteiger partial charge in [-0.25, -0.2) is 4.79 Å². The second-order valence-corrected chi connectivity index (χ2v) is 6.25. The molecule has 0 aromatic heterocycles. The number of carbonyl (C=O) groups excluding carboxylic acids is 2. The Kier molecular flexibility index (Phi) is 6.02. The molecule has 5 heteroatoms. The first-order valence-electron chi connectivity index (χ1n) is 8.42. The molecule has 126 valence electrons. The van der Waals surface area contributed by atoms with Crippen molar-refractivity contribution < 1.29 is 9.59 Å². The molecule has 1 aromatic carbocycles. The number of amides is 3. The number of hydrogen-bond acceptors (Lipinski definition) is 2. The molecule has 0 unspecified atom stereocenters. The molecule has 0 saturated carbocycles. The van der Waals surface area contributed by atoms with Crippen LogP contribution >= 0.6 is 0 Å². The number of likely N-dealkylation sites (tertiary alicyclic amines) is 1. The average molecular weight is 317 g/mol. The van der Waals surface area contributed by atoms with Gasteiger partial charge in [0.2, 0.25) is 0 Å². The van der Waals surface area contributed by atoms with Crippen LogP contribution in [0.25, 0.3) is 0 Å². The van der Waals surface area contributed by atoms with Crippen molar-refractivity contribution >= 4 is 11.9 Å². The molecule has 3 amide bonds. The lowest BCUT2D eigenvalue weighted by molar-refractivity contribution is 0.0939. The number of nitrogens with zero attached hydrogens (tertiary/aromatic N) is 1. The maximum absolute atomic E-state index is 12.3. The summed E-state index contributed by atoms with van der Waals surface area (Å²) >= 11 is 0. The summed E-state index contributed by atoms with van der Waals surface area (Å²) in [5.41, 5.74) is 1.83. The van der Waals surface area contributed by atoms with Gasteiger partial charge in [0, 0.05) is 37.7 Å². The van der Waals surface area contributed by atoms with Crippen LogP contribution in [0.2, 0.25) is 0 Å². The minimum Gasteiger partial charge on any atom is -0.350 e. The maximum Gasteiger partial charge on any atom is 0.317 e. The number of nitrogens with one attached hydrogen (secondary N) is 2. The zero-order valence-corrected chi connectivity index (χ0v) is 14.3. The van der Waals surface area contributed by atoms with Gasteiger partial charge in [0.05, 0.1) is 0 Å². The zero-order valence-electron chi connectivity index (χ0n) is 14.3. The Bertz CT molecular complexity index is 559. The predicted molar refractivity (Wildman–Crippen MR) is 91.7 cm³/mol. The van der Waals surface area contributed by atoms with E-state index in [1.807, 2.05) is 30.0 Å². The zero-order chi connectivity index (χ0) is 16.8. The van der Waals surface area contributed by atoms with Gasteiger partial charge in [-0.3, -0.25) is 4.79 Å². The van der Waals surface area contributed by atoms with Crippen molar-refractivity contribution in [2.75, 3.05) is 20.1 Å². The SMILES string of the molecule is CC[C@@H](C)NC(=O)c1cccc([C@H]2CCCN(C(=O)NC)C2)c1. The third kappa shape index (κ3) is 4.47. The fourth-order valence-electron chi connectivity index (χ4n) is 2.93. The van der Waals surface area contributed by atoms with E-state index in [0.717, 1.165) is 31.4 Å². The number of hydrogen-bond donors (Lipinski definition) is 2. The lowest BCUT2D eigenvalue weighted by Crippen LogP contribution is -2.43. The molecule has 5 nitrogen and oxygen atoms in total. The quantitative estimate of drug-likeness (QED) is 0.897.